The molecular formula is C22H37BO4. The lowest BCUT2D eigenvalue weighted by Crippen LogP contribution is -2.41. The highest BCUT2D eigenvalue weighted by Gasteiger charge is 2.51. The molecule has 1 atom stereocenters. The topological polar surface area (TPSA) is 36.9 Å². The summed E-state index contributed by atoms with van der Waals surface area (Å²) >= 11 is 0. The SMILES string of the molecule is CCCCC(CC)COCc1cc(B2OC(C)(C)C(C)(C)O2)ccc1OC. The molecule has 4 nitrogen and oxygen atoms in total. The van der Waals surface area contributed by atoms with Crippen LogP contribution in [0.1, 0.15) is 72.8 Å². The second kappa shape index (κ2) is 9.44. The zero-order chi connectivity index (χ0) is 20.1. The van der Waals surface area contributed by atoms with Gasteiger partial charge in [0.05, 0.1) is 24.9 Å². The zero-order valence-corrected chi connectivity index (χ0v) is 18.3. The molecule has 152 valence electrons. The van der Waals surface area contributed by atoms with Crippen molar-refractivity contribution in [1.29, 1.82) is 0 Å². The number of methoxy groups -OCH3 is 1. The second-order valence-corrected chi connectivity index (χ2v) is 8.59. The van der Waals surface area contributed by atoms with Gasteiger partial charge in [0.1, 0.15) is 5.75 Å². The van der Waals surface area contributed by atoms with Gasteiger partial charge in [-0.1, -0.05) is 45.2 Å². The van der Waals surface area contributed by atoms with Gasteiger partial charge < -0.3 is 18.8 Å². The third kappa shape index (κ3) is 5.49. The van der Waals surface area contributed by atoms with Crippen LogP contribution in [0.4, 0.5) is 0 Å². The predicted molar refractivity (Wildman–Crippen MR) is 112 cm³/mol. The van der Waals surface area contributed by atoms with Gasteiger partial charge in [0, 0.05) is 12.2 Å². The van der Waals surface area contributed by atoms with Gasteiger partial charge in [-0.15, -0.1) is 0 Å². The molecule has 1 aromatic rings. The highest BCUT2D eigenvalue weighted by atomic mass is 16.7. The molecule has 0 bridgehead atoms. The van der Waals surface area contributed by atoms with Crippen molar-refractivity contribution < 1.29 is 18.8 Å². The molecule has 0 saturated carbocycles. The number of benzene rings is 1. The van der Waals surface area contributed by atoms with Crippen molar-refractivity contribution in [2.24, 2.45) is 5.92 Å². The van der Waals surface area contributed by atoms with E-state index in [1.807, 2.05) is 12.1 Å². The molecule has 1 saturated heterocycles. The Morgan fingerprint density at radius 2 is 1.74 bits per heavy atom. The van der Waals surface area contributed by atoms with Gasteiger partial charge in [-0.05, 0) is 51.6 Å². The number of hydrogen-bond acceptors (Lipinski definition) is 4. The van der Waals surface area contributed by atoms with Gasteiger partial charge in [0.15, 0.2) is 0 Å². The molecule has 0 amide bonds. The van der Waals surface area contributed by atoms with Crippen LogP contribution in [0, 0.1) is 5.92 Å². The Morgan fingerprint density at radius 3 is 2.30 bits per heavy atom. The molecule has 1 aromatic carbocycles. The maximum Gasteiger partial charge on any atom is 0.494 e. The Balaban J connectivity index is 2.05. The first-order valence-electron chi connectivity index (χ1n) is 10.3. The van der Waals surface area contributed by atoms with E-state index in [4.69, 9.17) is 18.8 Å². The lowest BCUT2D eigenvalue weighted by atomic mass is 9.78. The molecule has 1 aliphatic rings. The lowest BCUT2D eigenvalue weighted by molar-refractivity contribution is 0.00578. The number of hydrogen-bond donors (Lipinski definition) is 0. The normalized spacial score (nSPS) is 19.3. The van der Waals surface area contributed by atoms with E-state index in [0.717, 1.165) is 29.8 Å². The summed E-state index contributed by atoms with van der Waals surface area (Å²) in [7, 11) is 1.33. The van der Waals surface area contributed by atoms with Gasteiger partial charge in [-0.3, -0.25) is 0 Å². The third-order valence-corrected chi connectivity index (χ3v) is 5.98. The summed E-state index contributed by atoms with van der Waals surface area (Å²) in [6.45, 7) is 14.1. The highest BCUT2D eigenvalue weighted by molar-refractivity contribution is 6.62. The van der Waals surface area contributed by atoms with Gasteiger partial charge in [-0.25, -0.2) is 0 Å². The Labute approximate surface area is 166 Å². The fourth-order valence-electron chi connectivity index (χ4n) is 3.27. The minimum atomic E-state index is -0.368. The van der Waals surface area contributed by atoms with Crippen molar-refractivity contribution in [2.45, 2.75) is 85.0 Å². The number of unbranched alkanes of at least 4 members (excludes halogenated alkanes) is 1. The van der Waals surface area contributed by atoms with Crippen molar-refractivity contribution in [3.8, 4) is 5.75 Å². The van der Waals surface area contributed by atoms with Crippen LogP contribution < -0.4 is 10.2 Å². The molecule has 1 unspecified atom stereocenters. The van der Waals surface area contributed by atoms with E-state index in [9.17, 15) is 0 Å². The Hall–Kier alpha value is -1.04. The first-order chi connectivity index (χ1) is 12.7. The molecule has 0 N–H and O–H groups in total. The van der Waals surface area contributed by atoms with Crippen molar-refractivity contribution in [2.75, 3.05) is 13.7 Å². The predicted octanol–water partition coefficient (Wildman–Crippen LogP) is 4.73. The molecule has 1 heterocycles. The largest absolute Gasteiger partial charge is 0.496 e. The van der Waals surface area contributed by atoms with Crippen LogP contribution in [0.3, 0.4) is 0 Å². The quantitative estimate of drug-likeness (QED) is 0.554. The van der Waals surface area contributed by atoms with Crippen LogP contribution in [0.2, 0.25) is 0 Å². The third-order valence-electron chi connectivity index (χ3n) is 5.98. The standard InChI is InChI=1S/C22H37BO4/c1-8-10-11-17(9-2)15-25-16-18-14-19(12-13-20(18)24-7)23-26-21(3,4)22(5,6)27-23/h12-14,17H,8-11,15-16H2,1-7H3. The smallest absolute Gasteiger partial charge is 0.494 e. The summed E-state index contributed by atoms with van der Waals surface area (Å²) in [4.78, 5) is 0. The first kappa shape index (κ1) is 22.3. The molecule has 0 radical (unpaired) electrons. The van der Waals surface area contributed by atoms with E-state index in [1.165, 1.54) is 19.3 Å². The van der Waals surface area contributed by atoms with E-state index in [0.29, 0.717) is 12.5 Å². The summed E-state index contributed by atoms with van der Waals surface area (Å²) in [5, 5.41) is 0. The summed E-state index contributed by atoms with van der Waals surface area (Å²) in [5.41, 5.74) is 1.35. The molecule has 27 heavy (non-hydrogen) atoms. The van der Waals surface area contributed by atoms with E-state index in [2.05, 4.69) is 47.6 Å². The Bertz CT molecular complexity index is 584. The van der Waals surface area contributed by atoms with Crippen LogP contribution in [0.5, 0.6) is 5.75 Å². The lowest BCUT2D eigenvalue weighted by Gasteiger charge is -2.32. The van der Waals surface area contributed by atoms with Gasteiger partial charge in [0.2, 0.25) is 0 Å². The van der Waals surface area contributed by atoms with E-state index in [-0.39, 0.29) is 18.3 Å². The summed E-state index contributed by atoms with van der Waals surface area (Å²) in [6, 6.07) is 6.09. The Kier molecular flexibility index (Phi) is 7.78. The first-order valence-corrected chi connectivity index (χ1v) is 10.3. The fourth-order valence-corrected chi connectivity index (χ4v) is 3.27. The number of rotatable bonds is 10. The van der Waals surface area contributed by atoms with Crippen molar-refractivity contribution in [3.05, 3.63) is 23.8 Å². The minimum absolute atomic E-state index is 0.345. The van der Waals surface area contributed by atoms with Gasteiger partial charge >= 0.3 is 7.12 Å². The molecule has 2 rings (SSSR count). The van der Waals surface area contributed by atoms with E-state index >= 15 is 0 Å². The summed E-state index contributed by atoms with van der Waals surface area (Å²) < 4.78 is 23.9. The highest BCUT2D eigenvalue weighted by Crippen LogP contribution is 2.36. The average molecular weight is 376 g/mol. The summed E-state index contributed by atoms with van der Waals surface area (Å²) in [5.74, 6) is 1.47. The van der Waals surface area contributed by atoms with Crippen molar-refractivity contribution in [3.63, 3.8) is 0 Å². The van der Waals surface area contributed by atoms with E-state index in [1.54, 1.807) is 7.11 Å². The number of ether oxygens (including phenoxy) is 2. The fraction of sp³-hybridized carbons (Fsp3) is 0.727. The minimum Gasteiger partial charge on any atom is -0.496 e. The van der Waals surface area contributed by atoms with Crippen LogP contribution >= 0.6 is 0 Å². The van der Waals surface area contributed by atoms with Crippen LogP contribution in [0.15, 0.2) is 18.2 Å². The van der Waals surface area contributed by atoms with Crippen LogP contribution in [0.25, 0.3) is 0 Å². The maximum atomic E-state index is 6.18. The molecule has 1 aliphatic heterocycles. The monoisotopic (exact) mass is 376 g/mol. The van der Waals surface area contributed by atoms with Crippen LogP contribution in [-0.4, -0.2) is 32.0 Å². The van der Waals surface area contributed by atoms with Crippen molar-refractivity contribution >= 4 is 12.6 Å². The zero-order valence-electron chi connectivity index (χ0n) is 18.3. The van der Waals surface area contributed by atoms with Crippen molar-refractivity contribution in [1.82, 2.24) is 0 Å². The molecule has 0 aromatic heterocycles. The average Bonchev–Trinajstić information content (AvgIpc) is 2.85. The van der Waals surface area contributed by atoms with Gasteiger partial charge in [-0.2, -0.15) is 0 Å². The van der Waals surface area contributed by atoms with E-state index < -0.39 is 0 Å². The molecule has 5 heteroatoms. The van der Waals surface area contributed by atoms with Crippen LogP contribution in [-0.2, 0) is 20.7 Å². The van der Waals surface area contributed by atoms with Gasteiger partial charge in [0.25, 0.3) is 0 Å². The Morgan fingerprint density at radius 1 is 1.07 bits per heavy atom. The molecular weight excluding hydrogens is 339 g/mol. The second-order valence-electron chi connectivity index (χ2n) is 8.59. The molecule has 0 spiro atoms. The maximum absolute atomic E-state index is 6.18. The summed E-state index contributed by atoms with van der Waals surface area (Å²) in [6.07, 6.45) is 4.90. The molecule has 1 fully saturated rings. The molecule has 0 aliphatic carbocycles.